The van der Waals surface area contributed by atoms with Crippen molar-refractivity contribution >= 4 is 5.91 Å². The highest BCUT2D eigenvalue weighted by Gasteiger charge is 2.16. The Morgan fingerprint density at radius 1 is 1.42 bits per heavy atom. The van der Waals surface area contributed by atoms with Crippen LogP contribution in [0.25, 0.3) is 0 Å². The number of carbonyl (C=O) groups excluding carboxylic acids is 1. The van der Waals surface area contributed by atoms with Crippen molar-refractivity contribution in [1.29, 1.82) is 0 Å². The van der Waals surface area contributed by atoms with E-state index in [0.29, 0.717) is 18.7 Å². The van der Waals surface area contributed by atoms with Crippen LogP contribution in [0.2, 0.25) is 0 Å². The van der Waals surface area contributed by atoms with Crippen molar-refractivity contribution in [3.8, 4) is 5.75 Å². The third kappa shape index (κ3) is 4.24. The fraction of sp³-hybridized carbons (Fsp3) is 0.533. The minimum Gasteiger partial charge on any atom is -0.494 e. The van der Waals surface area contributed by atoms with Crippen LogP contribution in [0.3, 0.4) is 0 Å². The molecular formula is C15H21NO3. The lowest BCUT2D eigenvalue weighted by atomic mass is 10.2. The van der Waals surface area contributed by atoms with Gasteiger partial charge in [-0.2, -0.15) is 0 Å². The number of carbonyl (C=O) groups is 1. The maximum atomic E-state index is 11.9. The molecule has 104 valence electrons. The fourth-order valence-corrected chi connectivity index (χ4v) is 2.04. The molecule has 0 radical (unpaired) electrons. The van der Waals surface area contributed by atoms with Crippen molar-refractivity contribution in [3.63, 3.8) is 0 Å². The number of rotatable bonds is 6. The quantitative estimate of drug-likeness (QED) is 0.857. The van der Waals surface area contributed by atoms with E-state index in [1.807, 2.05) is 12.1 Å². The van der Waals surface area contributed by atoms with Gasteiger partial charge in [0, 0.05) is 18.7 Å². The summed E-state index contributed by atoms with van der Waals surface area (Å²) in [6.45, 7) is 4.16. The maximum Gasteiger partial charge on any atom is 0.251 e. The van der Waals surface area contributed by atoms with Gasteiger partial charge in [0.1, 0.15) is 5.75 Å². The standard InChI is InChI=1S/C15H21NO3/c1-2-9-18-13-7-5-12(6-8-13)15(17)16-11-14-4-3-10-19-14/h5-8,14H,2-4,9-11H2,1H3,(H,16,17). The summed E-state index contributed by atoms with van der Waals surface area (Å²) in [5.74, 6) is 0.745. The summed E-state index contributed by atoms with van der Waals surface area (Å²) in [6, 6.07) is 7.24. The van der Waals surface area contributed by atoms with E-state index in [4.69, 9.17) is 9.47 Å². The summed E-state index contributed by atoms with van der Waals surface area (Å²) < 4.78 is 10.9. The van der Waals surface area contributed by atoms with Gasteiger partial charge in [0.05, 0.1) is 12.7 Å². The van der Waals surface area contributed by atoms with Gasteiger partial charge in [0.25, 0.3) is 5.91 Å². The second-order valence-electron chi connectivity index (χ2n) is 4.72. The highest BCUT2D eigenvalue weighted by atomic mass is 16.5. The Balaban J connectivity index is 1.81. The molecule has 1 unspecified atom stereocenters. The Morgan fingerprint density at radius 2 is 2.21 bits per heavy atom. The Kier molecular flexibility index (Phi) is 5.21. The lowest BCUT2D eigenvalue weighted by Gasteiger charge is -2.11. The fourth-order valence-electron chi connectivity index (χ4n) is 2.04. The number of hydrogen-bond acceptors (Lipinski definition) is 3. The van der Waals surface area contributed by atoms with Crippen LogP contribution in [0.4, 0.5) is 0 Å². The highest BCUT2D eigenvalue weighted by Crippen LogP contribution is 2.13. The molecule has 0 aliphatic carbocycles. The van der Waals surface area contributed by atoms with E-state index in [2.05, 4.69) is 12.2 Å². The van der Waals surface area contributed by atoms with E-state index < -0.39 is 0 Å². The zero-order chi connectivity index (χ0) is 13.5. The lowest BCUT2D eigenvalue weighted by Crippen LogP contribution is -2.31. The zero-order valence-electron chi connectivity index (χ0n) is 11.4. The summed E-state index contributed by atoms with van der Waals surface area (Å²) in [6.07, 6.45) is 3.27. The predicted octanol–water partition coefficient (Wildman–Crippen LogP) is 2.38. The molecule has 1 saturated heterocycles. The Hall–Kier alpha value is -1.55. The van der Waals surface area contributed by atoms with Crippen LogP contribution >= 0.6 is 0 Å². The second-order valence-corrected chi connectivity index (χ2v) is 4.72. The van der Waals surface area contributed by atoms with Gasteiger partial charge in [0.2, 0.25) is 0 Å². The van der Waals surface area contributed by atoms with E-state index in [-0.39, 0.29) is 12.0 Å². The van der Waals surface area contributed by atoms with Crippen LogP contribution in [0.5, 0.6) is 5.75 Å². The maximum absolute atomic E-state index is 11.9. The van der Waals surface area contributed by atoms with Crippen LogP contribution in [-0.4, -0.2) is 31.8 Å². The molecule has 1 fully saturated rings. The second kappa shape index (κ2) is 7.14. The predicted molar refractivity (Wildman–Crippen MR) is 73.5 cm³/mol. The number of benzene rings is 1. The van der Waals surface area contributed by atoms with Gasteiger partial charge < -0.3 is 14.8 Å². The molecule has 1 aliphatic heterocycles. The molecule has 19 heavy (non-hydrogen) atoms. The minimum absolute atomic E-state index is 0.0578. The molecule has 4 nitrogen and oxygen atoms in total. The molecule has 1 aromatic carbocycles. The number of hydrogen-bond donors (Lipinski definition) is 1. The van der Waals surface area contributed by atoms with Gasteiger partial charge in [-0.1, -0.05) is 6.92 Å². The largest absolute Gasteiger partial charge is 0.494 e. The van der Waals surface area contributed by atoms with E-state index >= 15 is 0 Å². The van der Waals surface area contributed by atoms with Crippen molar-refractivity contribution in [1.82, 2.24) is 5.32 Å². The van der Waals surface area contributed by atoms with Gasteiger partial charge in [-0.05, 0) is 43.5 Å². The molecule has 4 heteroatoms. The van der Waals surface area contributed by atoms with Crippen molar-refractivity contribution < 1.29 is 14.3 Å². The van der Waals surface area contributed by atoms with Gasteiger partial charge in [-0.3, -0.25) is 4.79 Å². The van der Waals surface area contributed by atoms with Crippen molar-refractivity contribution in [2.24, 2.45) is 0 Å². The average molecular weight is 263 g/mol. The summed E-state index contributed by atoms with van der Waals surface area (Å²) in [7, 11) is 0. The topological polar surface area (TPSA) is 47.6 Å². The average Bonchev–Trinajstić information content (AvgIpc) is 2.96. The van der Waals surface area contributed by atoms with Crippen LogP contribution in [0, 0.1) is 0 Å². The molecule has 0 aromatic heterocycles. The first kappa shape index (κ1) is 13.9. The van der Waals surface area contributed by atoms with Gasteiger partial charge in [-0.15, -0.1) is 0 Å². The van der Waals surface area contributed by atoms with E-state index in [0.717, 1.165) is 31.6 Å². The third-order valence-electron chi connectivity index (χ3n) is 3.10. The summed E-state index contributed by atoms with van der Waals surface area (Å²) in [5.41, 5.74) is 0.654. The first-order valence-electron chi connectivity index (χ1n) is 6.92. The van der Waals surface area contributed by atoms with Crippen molar-refractivity contribution in [2.75, 3.05) is 19.8 Å². The van der Waals surface area contributed by atoms with Crippen LogP contribution in [-0.2, 0) is 4.74 Å². The number of amides is 1. The Bertz CT molecular complexity index is 396. The molecule has 1 heterocycles. The number of nitrogens with one attached hydrogen (secondary N) is 1. The molecule has 1 aromatic rings. The molecule has 1 atom stereocenters. The summed E-state index contributed by atoms with van der Waals surface area (Å²) >= 11 is 0. The molecule has 1 N–H and O–H groups in total. The molecule has 1 amide bonds. The molecule has 2 rings (SSSR count). The van der Waals surface area contributed by atoms with E-state index in [9.17, 15) is 4.79 Å². The zero-order valence-corrected chi connectivity index (χ0v) is 11.4. The first-order chi connectivity index (χ1) is 9.29. The molecule has 0 bridgehead atoms. The van der Waals surface area contributed by atoms with Crippen LogP contribution in [0.15, 0.2) is 24.3 Å². The summed E-state index contributed by atoms with van der Waals surface area (Å²) in [4.78, 5) is 11.9. The summed E-state index contributed by atoms with van der Waals surface area (Å²) in [5, 5.41) is 2.90. The molecule has 0 spiro atoms. The molecular weight excluding hydrogens is 242 g/mol. The first-order valence-corrected chi connectivity index (χ1v) is 6.92. The van der Waals surface area contributed by atoms with Crippen molar-refractivity contribution in [3.05, 3.63) is 29.8 Å². The SMILES string of the molecule is CCCOc1ccc(C(=O)NCC2CCCO2)cc1. The molecule has 0 saturated carbocycles. The smallest absolute Gasteiger partial charge is 0.251 e. The Morgan fingerprint density at radius 3 is 2.84 bits per heavy atom. The van der Waals surface area contributed by atoms with Crippen LogP contribution < -0.4 is 10.1 Å². The third-order valence-corrected chi connectivity index (χ3v) is 3.10. The van der Waals surface area contributed by atoms with Crippen LogP contribution in [0.1, 0.15) is 36.5 Å². The lowest BCUT2D eigenvalue weighted by molar-refractivity contribution is 0.0857. The van der Waals surface area contributed by atoms with Gasteiger partial charge >= 0.3 is 0 Å². The highest BCUT2D eigenvalue weighted by molar-refractivity contribution is 5.94. The molecule has 1 aliphatic rings. The Labute approximate surface area is 114 Å². The van der Waals surface area contributed by atoms with E-state index in [1.165, 1.54) is 0 Å². The van der Waals surface area contributed by atoms with Gasteiger partial charge in [0.15, 0.2) is 0 Å². The normalized spacial score (nSPS) is 18.3. The van der Waals surface area contributed by atoms with E-state index in [1.54, 1.807) is 12.1 Å². The number of ether oxygens (including phenoxy) is 2. The van der Waals surface area contributed by atoms with Gasteiger partial charge in [-0.25, -0.2) is 0 Å². The minimum atomic E-state index is -0.0578. The monoisotopic (exact) mass is 263 g/mol. The van der Waals surface area contributed by atoms with Crippen molar-refractivity contribution in [2.45, 2.75) is 32.3 Å².